The molecule has 1 aromatic carbocycles. The minimum atomic E-state index is -0.551. The number of nitrogens with two attached hydrogens (primary N) is 1. The largest absolute Gasteiger partial charge is 0.341 e. The van der Waals surface area contributed by atoms with E-state index in [1.807, 2.05) is 17.0 Å². The number of likely N-dealkylation sites (tertiary alicyclic amines) is 1. The van der Waals surface area contributed by atoms with Crippen LogP contribution in [0.25, 0.3) is 0 Å². The van der Waals surface area contributed by atoms with Crippen LogP contribution in [0.2, 0.25) is 0 Å². The van der Waals surface area contributed by atoms with Crippen molar-refractivity contribution in [1.82, 2.24) is 4.90 Å². The van der Waals surface area contributed by atoms with Crippen LogP contribution < -0.4 is 5.73 Å². The van der Waals surface area contributed by atoms with Crippen LogP contribution in [0.1, 0.15) is 24.8 Å². The molecule has 0 spiro atoms. The van der Waals surface area contributed by atoms with E-state index < -0.39 is 5.54 Å². The predicted molar refractivity (Wildman–Crippen MR) is 78.2 cm³/mol. The van der Waals surface area contributed by atoms with Crippen molar-refractivity contribution in [1.29, 1.82) is 0 Å². The number of carbonyl (C=O) groups is 1. The number of hydrogen-bond donors (Lipinski definition) is 1. The highest BCUT2D eigenvalue weighted by atomic mass is 35.5. The smallest absolute Gasteiger partial charge is 0.242 e. The maximum Gasteiger partial charge on any atom is 0.242 e. The Morgan fingerprint density at radius 2 is 2.00 bits per heavy atom. The van der Waals surface area contributed by atoms with E-state index in [1.165, 1.54) is 12.1 Å². The van der Waals surface area contributed by atoms with Gasteiger partial charge >= 0.3 is 0 Å². The van der Waals surface area contributed by atoms with Gasteiger partial charge in [-0.1, -0.05) is 12.1 Å². The highest BCUT2D eigenvalue weighted by Gasteiger charge is 2.49. The Balaban J connectivity index is 0.00000147. The fourth-order valence-electron chi connectivity index (χ4n) is 2.80. The van der Waals surface area contributed by atoms with Gasteiger partial charge in [0.05, 0.1) is 5.54 Å². The molecule has 0 radical (unpaired) electrons. The summed E-state index contributed by atoms with van der Waals surface area (Å²) in [6.45, 7) is 1.60. The summed E-state index contributed by atoms with van der Waals surface area (Å²) in [6.07, 6.45) is 3.57. The summed E-state index contributed by atoms with van der Waals surface area (Å²) in [6, 6.07) is 6.63. The van der Waals surface area contributed by atoms with Gasteiger partial charge in [-0.2, -0.15) is 0 Å². The first-order chi connectivity index (χ1) is 9.07. The zero-order valence-corrected chi connectivity index (χ0v) is 12.2. The summed E-state index contributed by atoms with van der Waals surface area (Å²) >= 11 is 0. The molecule has 1 atom stereocenters. The summed E-state index contributed by atoms with van der Waals surface area (Å²) in [5.41, 5.74) is 6.53. The topological polar surface area (TPSA) is 46.3 Å². The molecule has 0 aromatic heterocycles. The average Bonchev–Trinajstić information content (AvgIpc) is 2.99. The van der Waals surface area contributed by atoms with Gasteiger partial charge in [-0.3, -0.25) is 4.79 Å². The summed E-state index contributed by atoms with van der Waals surface area (Å²) in [5.74, 6) is 0.386. The van der Waals surface area contributed by atoms with Crippen molar-refractivity contribution in [2.45, 2.75) is 31.2 Å². The molecular weight excluding hydrogens is 279 g/mol. The van der Waals surface area contributed by atoms with Crippen molar-refractivity contribution in [2.75, 3.05) is 13.1 Å². The van der Waals surface area contributed by atoms with Gasteiger partial charge in [0.2, 0.25) is 5.91 Å². The number of benzene rings is 1. The third-order valence-electron chi connectivity index (χ3n) is 4.23. The van der Waals surface area contributed by atoms with E-state index in [2.05, 4.69) is 0 Å². The van der Waals surface area contributed by atoms with Gasteiger partial charge < -0.3 is 10.6 Å². The van der Waals surface area contributed by atoms with Gasteiger partial charge in [0, 0.05) is 13.1 Å². The molecule has 1 heterocycles. The van der Waals surface area contributed by atoms with Crippen molar-refractivity contribution >= 4 is 18.3 Å². The molecule has 2 aliphatic rings. The molecule has 20 heavy (non-hydrogen) atoms. The lowest BCUT2D eigenvalue weighted by molar-refractivity contribution is -0.132. The molecule has 5 heteroatoms. The third-order valence-corrected chi connectivity index (χ3v) is 4.23. The Kier molecular flexibility index (Phi) is 4.35. The monoisotopic (exact) mass is 298 g/mol. The van der Waals surface area contributed by atoms with Crippen molar-refractivity contribution in [3.8, 4) is 0 Å². The molecule has 1 saturated heterocycles. The van der Waals surface area contributed by atoms with Crippen LogP contribution in [0.5, 0.6) is 0 Å². The maximum atomic E-state index is 12.8. The van der Waals surface area contributed by atoms with Gasteiger partial charge in [-0.25, -0.2) is 4.39 Å². The first-order valence-electron chi connectivity index (χ1n) is 6.89. The molecule has 1 aromatic rings. The number of amides is 1. The molecular formula is C15H20ClFN2O. The molecule has 1 aliphatic heterocycles. The van der Waals surface area contributed by atoms with Crippen LogP contribution in [0.3, 0.4) is 0 Å². The number of carbonyl (C=O) groups excluding carboxylic acids is 1. The first kappa shape index (κ1) is 15.3. The van der Waals surface area contributed by atoms with E-state index in [-0.39, 0.29) is 24.1 Å². The Morgan fingerprint density at radius 3 is 2.60 bits per heavy atom. The van der Waals surface area contributed by atoms with E-state index in [4.69, 9.17) is 5.73 Å². The summed E-state index contributed by atoms with van der Waals surface area (Å²) < 4.78 is 12.8. The molecule has 3 nitrogen and oxygen atoms in total. The summed E-state index contributed by atoms with van der Waals surface area (Å²) in [5, 5.41) is 0. The van der Waals surface area contributed by atoms with Gasteiger partial charge in [0.15, 0.2) is 0 Å². The molecule has 2 N–H and O–H groups in total. The SMILES string of the molecule is Cl.NC1(C(=O)N2CCC(Cc3ccc(F)cc3)C2)CC1. The Labute approximate surface area is 124 Å². The molecule has 1 aliphatic carbocycles. The molecule has 0 bridgehead atoms. The minimum absolute atomic E-state index is 0. The average molecular weight is 299 g/mol. The lowest BCUT2D eigenvalue weighted by atomic mass is 9.99. The summed E-state index contributed by atoms with van der Waals surface area (Å²) in [7, 11) is 0. The molecule has 110 valence electrons. The second-order valence-corrected chi connectivity index (χ2v) is 5.89. The van der Waals surface area contributed by atoms with E-state index >= 15 is 0 Å². The zero-order chi connectivity index (χ0) is 13.5. The summed E-state index contributed by atoms with van der Waals surface area (Å²) in [4.78, 5) is 14.0. The first-order valence-corrected chi connectivity index (χ1v) is 6.89. The van der Waals surface area contributed by atoms with Gasteiger partial charge in [-0.05, 0) is 49.3 Å². The van der Waals surface area contributed by atoms with Gasteiger partial charge in [0.25, 0.3) is 0 Å². The van der Waals surface area contributed by atoms with Gasteiger partial charge in [-0.15, -0.1) is 12.4 Å². The maximum absolute atomic E-state index is 12.8. The zero-order valence-electron chi connectivity index (χ0n) is 11.3. The number of halogens is 2. The third kappa shape index (κ3) is 3.13. The van der Waals surface area contributed by atoms with Crippen molar-refractivity contribution in [3.63, 3.8) is 0 Å². The highest BCUT2D eigenvalue weighted by Crippen LogP contribution is 2.35. The van der Waals surface area contributed by atoms with E-state index in [9.17, 15) is 9.18 Å². The van der Waals surface area contributed by atoms with Crippen molar-refractivity contribution in [2.24, 2.45) is 11.7 Å². The fraction of sp³-hybridized carbons (Fsp3) is 0.533. The van der Waals surface area contributed by atoms with E-state index in [0.29, 0.717) is 5.92 Å². The number of hydrogen-bond acceptors (Lipinski definition) is 2. The molecule has 1 saturated carbocycles. The van der Waals surface area contributed by atoms with Crippen LogP contribution in [-0.2, 0) is 11.2 Å². The number of rotatable bonds is 3. The molecule has 1 unspecified atom stereocenters. The second-order valence-electron chi connectivity index (χ2n) is 5.89. The quantitative estimate of drug-likeness (QED) is 0.929. The van der Waals surface area contributed by atoms with E-state index in [1.54, 1.807) is 0 Å². The number of nitrogens with zero attached hydrogens (tertiary/aromatic N) is 1. The van der Waals surface area contributed by atoms with Crippen LogP contribution in [0.4, 0.5) is 4.39 Å². The van der Waals surface area contributed by atoms with Crippen LogP contribution in [0, 0.1) is 11.7 Å². The van der Waals surface area contributed by atoms with Crippen molar-refractivity contribution in [3.05, 3.63) is 35.6 Å². The standard InChI is InChI=1S/C15H19FN2O.ClH/c16-13-3-1-11(2-4-13)9-12-5-8-18(10-12)14(19)15(17)6-7-15;/h1-4,12H,5-10,17H2;1H. The molecule has 2 fully saturated rings. The Bertz CT molecular complexity index is 487. The minimum Gasteiger partial charge on any atom is -0.341 e. The van der Waals surface area contributed by atoms with Gasteiger partial charge in [0.1, 0.15) is 5.82 Å². The lowest BCUT2D eigenvalue weighted by Crippen LogP contribution is -2.44. The Hall–Kier alpha value is -1.13. The highest BCUT2D eigenvalue weighted by molar-refractivity contribution is 5.89. The Morgan fingerprint density at radius 1 is 1.35 bits per heavy atom. The molecule has 1 amide bonds. The predicted octanol–water partition coefficient (Wildman–Crippen LogP) is 2.13. The second kappa shape index (κ2) is 5.70. The van der Waals surface area contributed by atoms with Crippen molar-refractivity contribution < 1.29 is 9.18 Å². The lowest BCUT2D eigenvalue weighted by Gasteiger charge is -2.20. The fourth-order valence-corrected chi connectivity index (χ4v) is 2.80. The van der Waals surface area contributed by atoms with E-state index in [0.717, 1.165) is 44.3 Å². The molecule has 3 rings (SSSR count). The van der Waals surface area contributed by atoms with Crippen LogP contribution >= 0.6 is 12.4 Å². The normalized spacial score (nSPS) is 23.3. The van der Waals surface area contributed by atoms with Crippen LogP contribution in [0.15, 0.2) is 24.3 Å². The van der Waals surface area contributed by atoms with Crippen LogP contribution in [-0.4, -0.2) is 29.4 Å².